The molecule has 0 unspecified atom stereocenters. The van der Waals surface area contributed by atoms with Gasteiger partial charge in [0.15, 0.2) is 0 Å². The quantitative estimate of drug-likeness (QED) is 0.400. The number of aryl methyl sites for hydroxylation is 2. The molecule has 4 aromatic rings. The number of benzene rings is 1. The van der Waals surface area contributed by atoms with Gasteiger partial charge < -0.3 is 18.4 Å². The summed E-state index contributed by atoms with van der Waals surface area (Å²) in [6.45, 7) is 7.85. The van der Waals surface area contributed by atoms with Crippen molar-refractivity contribution in [2.24, 2.45) is 0 Å². The molecular formula is C22H22N4O6. The fourth-order valence-electron chi connectivity index (χ4n) is 3.27. The highest BCUT2D eigenvalue weighted by Gasteiger charge is 2.24. The van der Waals surface area contributed by atoms with Crippen molar-refractivity contribution in [2.45, 2.75) is 34.2 Å². The van der Waals surface area contributed by atoms with E-state index in [-0.39, 0.29) is 29.9 Å². The monoisotopic (exact) mass is 438 g/mol. The van der Waals surface area contributed by atoms with Crippen molar-refractivity contribution in [1.82, 2.24) is 19.7 Å². The van der Waals surface area contributed by atoms with Gasteiger partial charge in [0.2, 0.25) is 11.6 Å². The number of aromatic nitrogens is 4. The number of nitrogens with zero attached hydrogens (tertiary/aromatic N) is 4. The van der Waals surface area contributed by atoms with Gasteiger partial charge in [-0.1, -0.05) is 5.16 Å². The van der Waals surface area contributed by atoms with E-state index in [0.717, 1.165) is 11.3 Å². The Balaban J connectivity index is 1.70. The maximum atomic E-state index is 13.2. The van der Waals surface area contributed by atoms with Crippen LogP contribution in [0.5, 0.6) is 5.75 Å². The molecule has 1 aromatic carbocycles. The van der Waals surface area contributed by atoms with Crippen molar-refractivity contribution >= 4 is 17.1 Å². The summed E-state index contributed by atoms with van der Waals surface area (Å²) in [5.74, 6) is 1.40. The van der Waals surface area contributed by atoms with Crippen molar-refractivity contribution in [1.29, 1.82) is 0 Å². The van der Waals surface area contributed by atoms with Gasteiger partial charge in [0.25, 0.3) is 11.3 Å². The van der Waals surface area contributed by atoms with Crippen molar-refractivity contribution in [3.8, 4) is 17.2 Å². The summed E-state index contributed by atoms with van der Waals surface area (Å²) >= 11 is 0. The van der Waals surface area contributed by atoms with E-state index in [9.17, 15) is 9.59 Å². The van der Waals surface area contributed by atoms with Gasteiger partial charge in [-0.25, -0.2) is 9.78 Å². The summed E-state index contributed by atoms with van der Waals surface area (Å²) in [6.07, 6.45) is 0. The smallest absolute Gasteiger partial charge is 0.361 e. The number of fused-ring (bicyclic) bond motifs is 1. The molecule has 0 aliphatic rings. The van der Waals surface area contributed by atoms with Gasteiger partial charge in [-0.05, 0) is 52.0 Å². The van der Waals surface area contributed by atoms with Crippen LogP contribution in [0.4, 0.5) is 0 Å². The topological polar surface area (TPSA) is 122 Å². The first-order valence-electron chi connectivity index (χ1n) is 10.2. The van der Waals surface area contributed by atoms with Gasteiger partial charge in [0.05, 0.1) is 19.8 Å². The second-order valence-electron chi connectivity index (χ2n) is 6.96. The number of carbonyl (C=O) groups excluding carboxylic acids is 1. The third-order valence-corrected chi connectivity index (χ3v) is 4.87. The summed E-state index contributed by atoms with van der Waals surface area (Å²) in [6, 6.07) is 7.39. The molecule has 0 radical (unpaired) electrons. The summed E-state index contributed by atoms with van der Waals surface area (Å²) in [7, 11) is 0. The summed E-state index contributed by atoms with van der Waals surface area (Å²) < 4.78 is 22.7. The van der Waals surface area contributed by atoms with Crippen LogP contribution >= 0.6 is 0 Å². The third-order valence-electron chi connectivity index (χ3n) is 4.87. The Kier molecular flexibility index (Phi) is 5.76. The maximum Gasteiger partial charge on any atom is 0.361 e. The van der Waals surface area contributed by atoms with Crippen LogP contribution in [0.3, 0.4) is 0 Å². The molecule has 0 aliphatic carbocycles. The van der Waals surface area contributed by atoms with Crippen molar-refractivity contribution in [2.75, 3.05) is 13.2 Å². The van der Waals surface area contributed by atoms with E-state index in [4.69, 9.17) is 18.4 Å². The highest BCUT2D eigenvalue weighted by Crippen LogP contribution is 2.25. The Hall–Kier alpha value is -3.95. The molecule has 166 valence electrons. The lowest BCUT2D eigenvalue weighted by atomic mass is 10.2. The number of hydrogen-bond acceptors (Lipinski definition) is 9. The Morgan fingerprint density at radius 2 is 1.84 bits per heavy atom. The first kappa shape index (κ1) is 21.3. The van der Waals surface area contributed by atoms with E-state index < -0.39 is 11.5 Å². The third kappa shape index (κ3) is 3.86. The minimum Gasteiger partial charge on any atom is -0.494 e. The molecule has 4 rings (SSSR count). The molecule has 0 saturated carbocycles. The molecule has 0 amide bonds. The molecule has 0 bridgehead atoms. The minimum absolute atomic E-state index is 0.0150. The minimum atomic E-state index is -0.740. The predicted octanol–water partition coefficient (Wildman–Crippen LogP) is 3.28. The molecular weight excluding hydrogens is 416 g/mol. The van der Waals surface area contributed by atoms with Crippen LogP contribution in [-0.2, 0) is 11.3 Å². The maximum absolute atomic E-state index is 13.2. The average Bonchev–Trinajstić information content (AvgIpc) is 3.36. The van der Waals surface area contributed by atoms with E-state index in [2.05, 4.69) is 15.1 Å². The molecule has 0 spiro atoms. The largest absolute Gasteiger partial charge is 0.494 e. The van der Waals surface area contributed by atoms with Crippen LogP contribution in [0.25, 0.3) is 22.6 Å². The normalized spacial score (nSPS) is 11.1. The second-order valence-corrected chi connectivity index (χ2v) is 6.96. The molecule has 10 nitrogen and oxygen atoms in total. The van der Waals surface area contributed by atoms with Crippen LogP contribution in [0.15, 0.2) is 38.0 Å². The van der Waals surface area contributed by atoms with E-state index in [0.29, 0.717) is 29.8 Å². The highest BCUT2D eigenvalue weighted by molar-refractivity contribution is 5.99. The summed E-state index contributed by atoms with van der Waals surface area (Å²) in [5, 5.41) is 3.65. The zero-order chi connectivity index (χ0) is 22.8. The lowest BCUT2D eigenvalue weighted by Gasteiger charge is -2.07. The van der Waals surface area contributed by atoms with Gasteiger partial charge >= 0.3 is 5.97 Å². The molecule has 0 aliphatic heterocycles. The zero-order valence-corrected chi connectivity index (χ0v) is 18.2. The van der Waals surface area contributed by atoms with Crippen LogP contribution in [0, 0.1) is 13.8 Å². The molecule has 0 saturated heterocycles. The molecule has 3 heterocycles. The molecule has 3 aromatic heterocycles. The number of carbonyl (C=O) groups is 1. The zero-order valence-electron chi connectivity index (χ0n) is 18.2. The van der Waals surface area contributed by atoms with Crippen LogP contribution in [-0.4, -0.2) is 38.9 Å². The second kappa shape index (κ2) is 8.66. The first-order valence-corrected chi connectivity index (χ1v) is 10.2. The summed E-state index contributed by atoms with van der Waals surface area (Å²) in [5.41, 5.74) is 0.666. The fourth-order valence-corrected chi connectivity index (χ4v) is 3.27. The molecule has 0 fully saturated rings. The number of ether oxygens (including phenoxy) is 2. The fraction of sp³-hybridized carbons (Fsp3) is 0.318. The van der Waals surface area contributed by atoms with Gasteiger partial charge in [-0.15, -0.1) is 0 Å². The van der Waals surface area contributed by atoms with Crippen LogP contribution in [0.1, 0.15) is 41.6 Å². The van der Waals surface area contributed by atoms with Crippen LogP contribution in [0.2, 0.25) is 0 Å². The molecule has 0 N–H and O–H groups in total. The summed E-state index contributed by atoms with van der Waals surface area (Å²) in [4.78, 5) is 34.2. The molecule has 32 heavy (non-hydrogen) atoms. The first-order chi connectivity index (χ1) is 15.4. The number of rotatable bonds is 7. The predicted molar refractivity (Wildman–Crippen MR) is 114 cm³/mol. The van der Waals surface area contributed by atoms with Crippen LogP contribution < -0.4 is 10.3 Å². The van der Waals surface area contributed by atoms with Crippen molar-refractivity contribution < 1.29 is 23.2 Å². The van der Waals surface area contributed by atoms with Gasteiger partial charge in [0, 0.05) is 5.56 Å². The highest BCUT2D eigenvalue weighted by atomic mass is 16.5. The number of hydrogen-bond donors (Lipinski definition) is 0. The number of esters is 1. The van der Waals surface area contributed by atoms with Crippen molar-refractivity contribution in [3.05, 3.63) is 57.6 Å². The Morgan fingerprint density at radius 3 is 2.53 bits per heavy atom. The van der Waals surface area contributed by atoms with E-state index in [1.165, 1.54) is 4.57 Å². The Morgan fingerprint density at radius 1 is 1.09 bits per heavy atom. The van der Waals surface area contributed by atoms with Gasteiger partial charge in [-0.2, -0.15) is 4.98 Å². The Bertz CT molecular complexity index is 1330. The molecule has 0 atom stereocenters. The van der Waals surface area contributed by atoms with Gasteiger partial charge in [-0.3, -0.25) is 9.36 Å². The Labute approximate surface area is 182 Å². The van der Waals surface area contributed by atoms with E-state index in [1.54, 1.807) is 20.8 Å². The van der Waals surface area contributed by atoms with E-state index in [1.807, 2.05) is 31.2 Å². The SMILES string of the molecule is CCOC(=O)c1noc2nc(C)n(Cc3nc(-c4ccc(OCC)cc4)oc3C)c(=O)c12. The average molecular weight is 438 g/mol. The van der Waals surface area contributed by atoms with E-state index >= 15 is 0 Å². The van der Waals surface area contributed by atoms with Crippen molar-refractivity contribution in [3.63, 3.8) is 0 Å². The number of oxazole rings is 1. The van der Waals surface area contributed by atoms with Gasteiger partial charge in [0.1, 0.15) is 28.4 Å². The lowest BCUT2D eigenvalue weighted by molar-refractivity contribution is 0.0516. The standard InChI is InChI=1S/C22H22N4O6/c1-5-29-15-9-7-14(8-10-15)19-24-16(12(3)31-19)11-26-13(4)23-20-17(21(26)27)18(25-32-20)22(28)30-6-2/h7-10H,5-6,11H2,1-4H3. The lowest BCUT2D eigenvalue weighted by Crippen LogP contribution is -2.25. The molecule has 10 heteroatoms.